The fraction of sp³-hybridized carbons (Fsp3) is 0.111. The molecular formula is C27H20ClFN4O2. The minimum atomic E-state index is -0.528. The smallest absolute Gasteiger partial charge is 0.341 e. The van der Waals surface area contributed by atoms with Gasteiger partial charge in [0.2, 0.25) is 0 Å². The van der Waals surface area contributed by atoms with E-state index in [4.69, 9.17) is 16.3 Å². The quantitative estimate of drug-likeness (QED) is 0.275. The highest BCUT2D eigenvalue weighted by Crippen LogP contribution is 2.35. The number of hydrogen-bond acceptors (Lipinski definition) is 5. The summed E-state index contributed by atoms with van der Waals surface area (Å²) in [6, 6.07) is 21.5. The van der Waals surface area contributed by atoms with Crippen LogP contribution >= 0.6 is 11.6 Å². The molecule has 3 aromatic carbocycles. The lowest BCUT2D eigenvalue weighted by molar-refractivity contribution is 0.0467. The van der Waals surface area contributed by atoms with Crippen molar-refractivity contribution in [1.82, 2.24) is 20.0 Å². The van der Waals surface area contributed by atoms with Crippen molar-refractivity contribution >= 4 is 28.5 Å². The van der Waals surface area contributed by atoms with Crippen LogP contribution in [-0.4, -0.2) is 25.9 Å². The van der Waals surface area contributed by atoms with E-state index in [2.05, 4.69) is 15.3 Å². The number of rotatable bonds is 6. The number of aromatic nitrogens is 4. The Kier molecular flexibility index (Phi) is 6.25. The molecule has 174 valence electrons. The van der Waals surface area contributed by atoms with Crippen LogP contribution in [0.3, 0.4) is 0 Å². The average molecular weight is 487 g/mol. The number of carbonyl (C=O) groups excluding carboxylic acids is 1. The van der Waals surface area contributed by atoms with Crippen molar-refractivity contribution < 1.29 is 13.9 Å². The molecule has 0 aliphatic carbocycles. The number of pyridine rings is 1. The van der Waals surface area contributed by atoms with E-state index in [1.54, 1.807) is 43.5 Å². The van der Waals surface area contributed by atoms with E-state index in [1.165, 1.54) is 10.7 Å². The summed E-state index contributed by atoms with van der Waals surface area (Å²) in [6.07, 6.45) is 1.63. The van der Waals surface area contributed by atoms with Crippen LogP contribution in [0.4, 0.5) is 4.39 Å². The minimum absolute atomic E-state index is 0.0860. The summed E-state index contributed by atoms with van der Waals surface area (Å²) in [7, 11) is 0. The number of ether oxygens (including phenoxy) is 1. The zero-order valence-corrected chi connectivity index (χ0v) is 19.5. The van der Waals surface area contributed by atoms with Crippen LogP contribution in [0.25, 0.3) is 22.0 Å². The van der Waals surface area contributed by atoms with Gasteiger partial charge in [0.05, 0.1) is 29.5 Å². The molecular weight excluding hydrogens is 467 g/mol. The molecule has 5 aromatic rings. The first-order valence-corrected chi connectivity index (χ1v) is 11.3. The average Bonchev–Trinajstić information content (AvgIpc) is 3.31. The van der Waals surface area contributed by atoms with Gasteiger partial charge in [-0.2, -0.15) is 0 Å². The van der Waals surface area contributed by atoms with Gasteiger partial charge in [-0.25, -0.2) is 13.9 Å². The van der Waals surface area contributed by atoms with E-state index in [9.17, 15) is 9.18 Å². The molecule has 0 atom stereocenters. The van der Waals surface area contributed by atoms with Crippen molar-refractivity contribution in [3.05, 3.63) is 112 Å². The zero-order chi connectivity index (χ0) is 24.4. The van der Waals surface area contributed by atoms with Crippen LogP contribution in [0.2, 0.25) is 5.02 Å². The third-order valence-corrected chi connectivity index (χ3v) is 5.86. The number of aryl methyl sites for hydroxylation is 1. The number of carbonyl (C=O) groups is 1. The summed E-state index contributed by atoms with van der Waals surface area (Å²) >= 11 is 6.28. The van der Waals surface area contributed by atoms with Crippen LogP contribution in [0.5, 0.6) is 0 Å². The Morgan fingerprint density at radius 3 is 2.63 bits per heavy atom. The molecule has 35 heavy (non-hydrogen) atoms. The number of esters is 1. The van der Waals surface area contributed by atoms with Crippen LogP contribution in [0.15, 0.2) is 79.0 Å². The normalized spacial score (nSPS) is 11.1. The summed E-state index contributed by atoms with van der Waals surface area (Å²) in [5.74, 6) is -0.844. The summed E-state index contributed by atoms with van der Waals surface area (Å²) < 4.78 is 21.1. The van der Waals surface area contributed by atoms with Crippen molar-refractivity contribution in [2.75, 3.05) is 0 Å². The van der Waals surface area contributed by atoms with Gasteiger partial charge in [0.1, 0.15) is 18.1 Å². The second-order valence-corrected chi connectivity index (χ2v) is 8.49. The predicted octanol–water partition coefficient (Wildman–Crippen LogP) is 6.00. The van der Waals surface area contributed by atoms with E-state index in [0.717, 1.165) is 16.5 Å². The molecule has 0 N–H and O–H groups in total. The maximum Gasteiger partial charge on any atom is 0.341 e. The highest BCUT2D eigenvalue weighted by atomic mass is 35.5. The molecule has 0 saturated heterocycles. The summed E-state index contributed by atoms with van der Waals surface area (Å²) in [6.45, 7) is 1.92. The van der Waals surface area contributed by atoms with Gasteiger partial charge in [0.25, 0.3) is 0 Å². The minimum Gasteiger partial charge on any atom is -0.455 e. The molecule has 5 rings (SSSR count). The van der Waals surface area contributed by atoms with E-state index in [-0.39, 0.29) is 19.0 Å². The number of hydrogen-bond donors (Lipinski definition) is 0. The van der Waals surface area contributed by atoms with Crippen molar-refractivity contribution in [1.29, 1.82) is 0 Å². The molecule has 0 unspecified atom stereocenters. The number of benzene rings is 3. The third kappa shape index (κ3) is 4.76. The Morgan fingerprint density at radius 1 is 1.06 bits per heavy atom. The molecule has 2 heterocycles. The molecule has 0 aliphatic rings. The third-order valence-electron chi connectivity index (χ3n) is 5.62. The van der Waals surface area contributed by atoms with Crippen LogP contribution in [0.1, 0.15) is 27.3 Å². The van der Waals surface area contributed by atoms with Crippen LogP contribution in [-0.2, 0) is 17.9 Å². The topological polar surface area (TPSA) is 69.9 Å². The Labute approximate surface area is 206 Å². The van der Waals surface area contributed by atoms with Gasteiger partial charge in [-0.1, -0.05) is 65.3 Å². The first-order valence-electron chi connectivity index (χ1n) is 10.9. The number of nitrogens with zero attached hydrogens (tertiary/aromatic N) is 4. The summed E-state index contributed by atoms with van der Waals surface area (Å²) in [5.41, 5.74) is 4.15. The lowest BCUT2D eigenvalue weighted by Gasteiger charge is -2.15. The van der Waals surface area contributed by atoms with Crippen molar-refractivity contribution in [3.63, 3.8) is 0 Å². The molecule has 0 fully saturated rings. The van der Waals surface area contributed by atoms with Gasteiger partial charge >= 0.3 is 5.97 Å². The van der Waals surface area contributed by atoms with E-state index in [0.29, 0.717) is 33.1 Å². The lowest BCUT2D eigenvalue weighted by atomic mass is 9.94. The van der Waals surface area contributed by atoms with Gasteiger partial charge < -0.3 is 4.74 Å². The van der Waals surface area contributed by atoms with Crippen molar-refractivity contribution in [2.45, 2.75) is 20.1 Å². The summed E-state index contributed by atoms with van der Waals surface area (Å²) in [4.78, 5) is 17.9. The molecule has 0 amide bonds. The maximum atomic E-state index is 13.9. The predicted molar refractivity (Wildman–Crippen MR) is 132 cm³/mol. The Balaban J connectivity index is 1.43. The fourth-order valence-corrected chi connectivity index (χ4v) is 4.18. The fourth-order valence-electron chi connectivity index (χ4n) is 4.01. The second kappa shape index (κ2) is 9.64. The summed E-state index contributed by atoms with van der Waals surface area (Å²) in [5, 5.41) is 9.38. The van der Waals surface area contributed by atoms with Gasteiger partial charge in [-0.3, -0.25) is 4.98 Å². The molecule has 0 spiro atoms. The first-order chi connectivity index (χ1) is 17.0. The molecule has 0 bridgehead atoms. The number of halogens is 2. The molecule has 2 aromatic heterocycles. The van der Waals surface area contributed by atoms with Crippen molar-refractivity contribution in [2.24, 2.45) is 0 Å². The molecule has 0 aliphatic heterocycles. The Hall–Kier alpha value is -4.10. The van der Waals surface area contributed by atoms with Crippen LogP contribution in [0, 0.1) is 12.7 Å². The van der Waals surface area contributed by atoms with E-state index < -0.39 is 5.97 Å². The monoisotopic (exact) mass is 486 g/mol. The zero-order valence-electron chi connectivity index (χ0n) is 18.8. The molecule has 0 saturated carbocycles. The first kappa shape index (κ1) is 22.7. The Bertz CT molecular complexity index is 1540. The van der Waals surface area contributed by atoms with Gasteiger partial charge in [-0.05, 0) is 36.8 Å². The second-order valence-electron chi connectivity index (χ2n) is 8.05. The maximum absolute atomic E-state index is 13.9. The molecule has 6 nitrogen and oxygen atoms in total. The van der Waals surface area contributed by atoms with Crippen LogP contribution < -0.4 is 0 Å². The lowest BCUT2D eigenvalue weighted by Crippen LogP contribution is -2.11. The SMILES string of the molecule is Cc1nc2ccc(Cl)cc2c(-c2ccccc2)c1C(=O)OCc1cn(Cc2ccccc2F)nn1. The largest absolute Gasteiger partial charge is 0.455 e. The highest BCUT2D eigenvalue weighted by molar-refractivity contribution is 6.31. The number of fused-ring (bicyclic) bond motifs is 1. The van der Waals surface area contributed by atoms with Crippen molar-refractivity contribution in [3.8, 4) is 11.1 Å². The van der Waals surface area contributed by atoms with Gasteiger partial charge in [0, 0.05) is 21.5 Å². The molecule has 8 heteroatoms. The van der Waals surface area contributed by atoms with E-state index >= 15 is 0 Å². The highest BCUT2D eigenvalue weighted by Gasteiger charge is 2.22. The standard InChI is InChI=1S/C27H20ClFN4O2/c1-17-25(26(18-7-3-2-4-8-18)22-13-20(28)11-12-24(22)30-17)27(34)35-16-21-15-33(32-31-21)14-19-9-5-6-10-23(19)29/h2-13,15H,14,16H2,1H3. The Morgan fingerprint density at radius 2 is 1.83 bits per heavy atom. The van der Waals surface area contributed by atoms with Gasteiger partial charge in [0.15, 0.2) is 0 Å². The molecule has 0 radical (unpaired) electrons. The van der Waals surface area contributed by atoms with E-state index in [1.807, 2.05) is 36.4 Å². The van der Waals surface area contributed by atoms with Gasteiger partial charge in [-0.15, -0.1) is 5.10 Å².